The van der Waals surface area contributed by atoms with Gasteiger partial charge < -0.3 is 10.6 Å². The summed E-state index contributed by atoms with van der Waals surface area (Å²) < 4.78 is 2.86. The van der Waals surface area contributed by atoms with Crippen LogP contribution >= 0.6 is 15.9 Å². The van der Waals surface area contributed by atoms with Crippen LogP contribution in [0, 0.1) is 0 Å². The average molecular weight is 343 g/mol. The van der Waals surface area contributed by atoms with Crippen molar-refractivity contribution >= 4 is 33.1 Å². The molecule has 0 radical (unpaired) electrons. The maximum absolute atomic E-state index is 6.28. The molecule has 3 heterocycles. The van der Waals surface area contributed by atoms with Gasteiger partial charge >= 0.3 is 0 Å². The van der Waals surface area contributed by atoms with Gasteiger partial charge in [0.05, 0.1) is 4.47 Å². The van der Waals surface area contributed by atoms with Gasteiger partial charge in [-0.05, 0) is 52.2 Å². The molecule has 0 saturated heterocycles. The molecule has 0 bridgehead atoms. The number of hydrogen-bond acceptors (Lipinski definition) is 3. The summed E-state index contributed by atoms with van der Waals surface area (Å²) in [5.74, 6) is 0.678. The van der Waals surface area contributed by atoms with Crippen LogP contribution in [0.3, 0.4) is 0 Å². The van der Waals surface area contributed by atoms with Crippen LogP contribution in [0.4, 0.5) is 11.5 Å². The van der Waals surface area contributed by atoms with Gasteiger partial charge in [0.25, 0.3) is 0 Å². The van der Waals surface area contributed by atoms with E-state index in [1.54, 1.807) is 0 Å². The van der Waals surface area contributed by atoms with E-state index in [1.807, 2.05) is 22.7 Å². The van der Waals surface area contributed by atoms with Gasteiger partial charge in [-0.25, -0.2) is 4.98 Å². The fourth-order valence-electron chi connectivity index (χ4n) is 2.98. The van der Waals surface area contributed by atoms with Crippen LogP contribution in [0.2, 0.25) is 0 Å². The molecule has 3 aromatic rings. The highest BCUT2D eigenvalue weighted by atomic mass is 79.9. The summed E-state index contributed by atoms with van der Waals surface area (Å²) in [6.45, 7) is 1.07. The van der Waals surface area contributed by atoms with E-state index < -0.39 is 0 Å². The molecule has 2 aromatic heterocycles. The van der Waals surface area contributed by atoms with Gasteiger partial charge in [-0.3, -0.25) is 4.40 Å². The van der Waals surface area contributed by atoms with E-state index in [0.717, 1.165) is 34.3 Å². The van der Waals surface area contributed by atoms with Crippen LogP contribution in [0.25, 0.3) is 16.9 Å². The fraction of sp³-hybridized carbons (Fsp3) is 0.188. The fourth-order valence-corrected chi connectivity index (χ4v) is 3.41. The zero-order chi connectivity index (χ0) is 14.6. The lowest BCUT2D eigenvalue weighted by atomic mass is 10.1. The van der Waals surface area contributed by atoms with E-state index in [4.69, 9.17) is 10.7 Å². The molecule has 1 aromatic carbocycles. The molecule has 0 saturated carbocycles. The molecule has 0 fully saturated rings. The van der Waals surface area contributed by atoms with Crippen LogP contribution in [0.15, 0.2) is 41.0 Å². The largest absolute Gasteiger partial charge is 0.383 e. The first-order chi connectivity index (χ1) is 10.1. The van der Waals surface area contributed by atoms with Crippen LogP contribution in [0.1, 0.15) is 5.56 Å². The van der Waals surface area contributed by atoms with E-state index in [-0.39, 0.29) is 0 Å². The summed E-state index contributed by atoms with van der Waals surface area (Å²) in [6.07, 6.45) is 3.02. The SMILES string of the molecule is CN1CCc2cc(-c3nc4c(Br)cccn4c3N)ccc21. The number of rotatable bonds is 1. The molecule has 0 aliphatic carbocycles. The van der Waals surface area contributed by atoms with Crippen molar-refractivity contribution in [2.75, 3.05) is 24.2 Å². The highest BCUT2D eigenvalue weighted by Gasteiger charge is 2.18. The van der Waals surface area contributed by atoms with Gasteiger partial charge in [-0.1, -0.05) is 6.07 Å². The van der Waals surface area contributed by atoms with Gasteiger partial charge in [0, 0.05) is 31.0 Å². The molecule has 4 rings (SSSR count). The van der Waals surface area contributed by atoms with Crippen molar-refractivity contribution in [3.63, 3.8) is 0 Å². The summed E-state index contributed by atoms with van der Waals surface area (Å²) in [5, 5.41) is 0. The number of nitrogens with two attached hydrogens (primary N) is 1. The second kappa shape index (κ2) is 4.49. The van der Waals surface area contributed by atoms with Gasteiger partial charge in [0.15, 0.2) is 5.65 Å². The first kappa shape index (κ1) is 12.7. The van der Waals surface area contributed by atoms with Crippen molar-refractivity contribution in [1.82, 2.24) is 9.38 Å². The van der Waals surface area contributed by atoms with Crippen molar-refractivity contribution in [1.29, 1.82) is 0 Å². The number of pyridine rings is 1. The number of nitrogens with zero attached hydrogens (tertiary/aromatic N) is 3. The number of halogens is 1. The highest BCUT2D eigenvalue weighted by Crippen LogP contribution is 2.34. The Morgan fingerprint density at radius 1 is 1.29 bits per heavy atom. The molecule has 1 aliphatic heterocycles. The van der Waals surface area contributed by atoms with Gasteiger partial charge in [0.1, 0.15) is 11.5 Å². The first-order valence-electron chi connectivity index (χ1n) is 6.91. The zero-order valence-electron chi connectivity index (χ0n) is 11.7. The lowest BCUT2D eigenvalue weighted by molar-refractivity contribution is 0.956. The van der Waals surface area contributed by atoms with Crippen molar-refractivity contribution in [3.05, 3.63) is 46.6 Å². The van der Waals surface area contributed by atoms with Gasteiger partial charge in [-0.2, -0.15) is 0 Å². The van der Waals surface area contributed by atoms with Crippen molar-refractivity contribution in [2.45, 2.75) is 6.42 Å². The van der Waals surface area contributed by atoms with Crippen molar-refractivity contribution in [2.24, 2.45) is 0 Å². The molecule has 106 valence electrons. The second-order valence-corrected chi connectivity index (χ2v) is 6.26. The number of hydrogen-bond donors (Lipinski definition) is 1. The maximum atomic E-state index is 6.28. The predicted octanol–water partition coefficient (Wildman–Crippen LogP) is 3.34. The molecule has 0 spiro atoms. The van der Waals surface area contributed by atoms with Crippen LogP contribution in [-0.4, -0.2) is 23.0 Å². The molecule has 0 atom stereocenters. The zero-order valence-corrected chi connectivity index (χ0v) is 13.3. The quantitative estimate of drug-likeness (QED) is 0.737. The number of fused-ring (bicyclic) bond motifs is 2. The topological polar surface area (TPSA) is 46.6 Å². The summed E-state index contributed by atoms with van der Waals surface area (Å²) in [7, 11) is 2.13. The van der Waals surface area contributed by atoms with E-state index in [9.17, 15) is 0 Å². The number of likely N-dealkylation sites (N-methyl/N-ethyl adjacent to an activating group) is 1. The predicted molar refractivity (Wildman–Crippen MR) is 89.7 cm³/mol. The van der Waals surface area contributed by atoms with E-state index in [2.05, 4.69) is 46.1 Å². The highest BCUT2D eigenvalue weighted by molar-refractivity contribution is 9.10. The van der Waals surface area contributed by atoms with Crippen LogP contribution in [-0.2, 0) is 6.42 Å². The molecule has 0 amide bonds. The minimum Gasteiger partial charge on any atom is -0.383 e. The van der Waals surface area contributed by atoms with Crippen molar-refractivity contribution in [3.8, 4) is 11.3 Å². The molecular formula is C16H15BrN4. The lowest BCUT2D eigenvalue weighted by Gasteiger charge is -2.11. The Labute approximate surface area is 131 Å². The Bertz CT molecular complexity index is 853. The summed E-state index contributed by atoms with van der Waals surface area (Å²) in [5.41, 5.74) is 11.7. The normalized spacial score (nSPS) is 13.9. The lowest BCUT2D eigenvalue weighted by Crippen LogP contribution is -2.12. The molecular weight excluding hydrogens is 328 g/mol. The molecule has 21 heavy (non-hydrogen) atoms. The van der Waals surface area contributed by atoms with Gasteiger partial charge in [-0.15, -0.1) is 0 Å². The number of benzene rings is 1. The Balaban J connectivity index is 1.91. The molecule has 4 nitrogen and oxygen atoms in total. The third-order valence-corrected chi connectivity index (χ3v) is 4.74. The van der Waals surface area contributed by atoms with Crippen LogP contribution in [0.5, 0.6) is 0 Å². The summed E-state index contributed by atoms with van der Waals surface area (Å²) >= 11 is 3.53. The third-order valence-electron chi connectivity index (χ3n) is 4.12. The molecule has 1 aliphatic rings. The van der Waals surface area contributed by atoms with Crippen LogP contribution < -0.4 is 10.6 Å². The number of anilines is 2. The monoisotopic (exact) mass is 342 g/mol. The Morgan fingerprint density at radius 3 is 2.95 bits per heavy atom. The second-order valence-electron chi connectivity index (χ2n) is 5.41. The number of imidazole rings is 1. The standard InChI is InChI=1S/C16H15BrN4/c1-20-8-6-10-9-11(4-5-13(10)20)14-15(18)21-7-2-3-12(17)16(21)19-14/h2-5,7,9H,6,8,18H2,1H3. The minimum atomic E-state index is 0.678. The Morgan fingerprint density at radius 2 is 2.14 bits per heavy atom. The van der Waals surface area contributed by atoms with E-state index >= 15 is 0 Å². The van der Waals surface area contributed by atoms with E-state index in [0.29, 0.717) is 5.82 Å². The summed E-state index contributed by atoms with van der Waals surface area (Å²) in [6, 6.07) is 10.4. The maximum Gasteiger partial charge on any atom is 0.153 e. The number of aromatic nitrogens is 2. The minimum absolute atomic E-state index is 0.678. The Hall–Kier alpha value is -2.01. The van der Waals surface area contributed by atoms with Gasteiger partial charge in [0.2, 0.25) is 0 Å². The Kier molecular flexibility index (Phi) is 2.72. The summed E-state index contributed by atoms with van der Waals surface area (Å²) in [4.78, 5) is 6.98. The molecule has 5 heteroatoms. The molecule has 0 unspecified atom stereocenters. The average Bonchev–Trinajstić information content (AvgIpc) is 3.02. The molecule has 2 N–H and O–H groups in total. The first-order valence-corrected chi connectivity index (χ1v) is 7.71. The smallest absolute Gasteiger partial charge is 0.153 e. The van der Waals surface area contributed by atoms with Crippen molar-refractivity contribution < 1.29 is 0 Å². The number of nitrogen functional groups attached to an aromatic ring is 1. The van der Waals surface area contributed by atoms with E-state index in [1.165, 1.54) is 11.3 Å². The third kappa shape index (κ3) is 1.84.